The van der Waals surface area contributed by atoms with E-state index in [0.29, 0.717) is 0 Å². The summed E-state index contributed by atoms with van der Waals surface area (Å²) in [4.78, 5) is 4.20. The van der Waals surface area contributed by atoms with Crippen LogP contribution in [-0.2, 0) is 6.42 Å². The van der Waals surface area contributed by atoms with E-state index in [-0.39, 0.29) is 0 Å². The lowest BCUT2D eigenvalue weighted by atomic mass is 9.99. The molecule has 1 aromatic carbocycles. The van der Waals surface area contributed by atoms with Crippen LogP contribution in [0.2, 0.25) is 0 Å². The summed E-state index contributed by atoms with van der Waals surface area (Å²) in [5.74, 6) is 0.928. The Balaban J connectivity index is 2.16. The number of fused-ring (bicyclic) bond motifs is 1. The third-order valence-electron chi connectivity index (χ3n) is 3.13. The number of pyridine rings is 1. The van der Waals surface area contributed by atoms with Crippen molar-refractivity contribution in [3.8, 4) is 16.9 Å². The van der Waals surface area contributed by atoms with Crippen LogP contribution in [0.15, 0.2) is 30.5 Å². The van der Waals surface area contributed by atoms with Crippen molar-refractivity contribution in [3.63, 3.8) is 0 Å². The van der Waals surface area contributed by atoms with E-state index in [1.807, 2.05) is 37.4 Å². The predicted molar refractivity (Wildman–Crippen MR) is 68.0 cm³/mol. The maximum atomic E-state index is 6.22. The van der Waals surface area contributed by atoms with Gasteiger partial charge in [0.1, 0.15) is 5.75 Å². The minimum absolute atomic E-state index is 0.734. The number of rotatable bonds is 1. The molecule has 0 aliphatic carbocycles. The average molecular weight is 226 g/mol. The van der Waals surface area contributed by atoms with Gasteiger partial charge in [-0.1, -0.05) is 0 Å². The van der Waals surface area contributed by atoms with Gasteiger partial charge in [-0.15, -0.1) is 0 Å². The van der Waals surface area contributed by atoms with Crippen molar-refractivity contribution in [3.05, 3.63) is 41.7 Å². The second kappa shape index (κ2) is 3.77. The molecule has 0 fully saturated rings. The molecule has 1 aromatic heterocycles. The van der Waals surface area contributed by atoms with E-state index in [4.69, 9.17) is 10.5 Å². The second-order valence-corrected chi connectivity index (χ2v) is 4.29. The van der Waals surface area contributed by atoms with Crippen molar-refractivity contribution in [2.24, 2.45) is 0 Å². The summed E-state index contributed by atoms with van der Waals surface area (Å²) >= 11 is 0. The molecule has 0 radical (unpaired) electrons. The Kier molecular flexibility index (Phi) is 2.25. The van der Waals surface area contributed by atoms with Gasteiger partial charge in [-0.2, -0.15) is 0 Å². The number of hydrogen-bond donors (Lipinski definition) is 1. The SMILES string of the molecule is Cc1cc(-c2ccc3c(c2N)CCO3)ccn1. The molecule has 2 heterocycles. The number of anilines is 1. The van der Waals surface area contributed by atoms with E-state index in [1.165, 1.54) is 0 Å². The van der Waals surface area contributed by atoms with Gasteiger partial charge in [-0.25, -0.2) is 0 Å². The fourth-order valence-corrected chi connectivity index (χ4v) is 2.27. The predicted octanol–water partition coefficient (Wildman–Crippen LogP) is 2.57. The van der Waals surface area contributed by atoms with Crippen LogP contribution in [-0.4, -0.2) is 11.6 Å². The summed E-state index contributed by atoms with van der Waals surface area (Å²) in [7, 11) is 0. The van der Waals surface area contributed by atoms with Gasteiger partial charge in [0.15, 0.2) is 0 Å². The highest BCUT2D eigenvalue weighted by Gasteiger charge is 2.17. The summed E-state index contributed by atoms with van der Waals surface area (Å²) in [6.45, 7) is 2.72. The maximum absolute atomic E-state index is 6.22. The lowest BCUT2D eigenvalue weighted by Crippen LogP contribution is -1.95. The van der Waals surface area contributed by atoms with Crippen LogP contribution in [0.25, 0.3) is 11.1 Å². The molecule has 3 rings (SSSR count). The van der Waals surface area contributed by atoms with Crippen molar-refractivity contribution < 1.29 is 4.74 Å². The lowest BCUT2D eigenvalue weighted by molar-refractivity contribution is 0.357. The third-order valence-corrected chi connectivity index (χ3v) is 3.13. The molecule has 0 atom stereocenters. The quantitative estimate of drug-likeness (QED) is 0.760. The van der Waals surface area contributed by atoms with Gasteiger partial charge in [0.05, 0.1) is 6.61 Å². The zero-order valence-electron chi connectivity index (χ0n) is 9.73. The number of ether oxygens (including phenoxy) is 1. The Hall–Kier alpha value is -2.03. The first-order chi connectivity index (χ1) is 8.25. The third kappa shape index (κ3) is 1.64. The van der Waals surface area contributed by atoms with Gasteiger partial charge in [0.25, 0.3) is 0 Å². The van der Waals surface area contributed by atoms with E-state index < -0.39 is 0 Å². The van der Waals surface area contributed by atoms with Crippen LogP contribution in [0.1, 0.15) is 11.3 Å². The van der Waals surface area contributed by atoms with Crippen molar-refractivity contribution in [2.45, 2.75) is 13.3 Å². The van der Waals surface area contributed by atoms with E-state index in [1.54, 1.807) is 0 Å². The Morgan fingerprint density at radius 1 is 1.29 bits per heavy atom. The summed E-state index contributed by atoms with van der Waals surface area (Å²) in [5.41, 5.74) is 11.4. The number of nitrogens with zero attached hydrogens (tertiary/aromatic N) is 1. The summed E-state index contributed by atoms with van der Waals surface area (Å²) in [6.07, 6.45) is 2.72. The first-order valence-corrected chi connectivity index (χ1v) is 5.73. The average Bonchev–Trinajstić information content (AvgIpc) is 2.78. The molecule has 0 saturated heterocycles. The number of benzene rings is 1. The van der Waals surface area contributed by atoms with Gasteiger partial charge < -0.3 is 10.5 Å². The van der Waals surface area contributed by atoms with Crippen molar-refractivity contribution in [1.29, 1.82) is 0 Å². The fraction of sp³-hybridized carbons (Fsp3) is 0.214. The molecule has 3 nitrogen and oxygen atoms in total. The van der Waals surface area contributed by atoms with Gasteiger partial charge in [0, 0.05) is 35.1 Å². The molecule has 2 aromatic rings. The Labute approximate surface area is 100 Å². The van der Waals surface area contributed by atoms with Crippen molar-refractivity contribution in [1.82, 2.24) is 4.98 Å². The molecule has 0 saturated carbocycles. The van der Waals surface area contributed by atoms with Crippen molar-refractivity contribution in [2.75, 3.05) is 12.3 Å². The smallest absolute Gasteiger partial charge is 0.124 e. The Morgan fingerprint density at radius 2 is 2.18 bits per heavy atom. The first kappa shape index (κ1) is 10.1. The number of hydrogen-bond acceptors (Lipinski definition) is 3. The largest absolute Gasteiger partial charge is 0.493 e. The Bertz CT molecular complexity index is 578. The van der Waals surface area contributed by atoms with Gasteiger partial charge in [-0.05, 0) is 36.8 Å². The van der Waals surface area contributed by atoms with E-state index in [9.17, 15) is 0 Å². The molecule has 2 N–H and O–H groups in total. The van der Waals surface area contributed by atoms with Crippen LogP contribution in [0, 0.1) is 6.92 Å². The minimum Gasteiger partial charge on any atom is -0.493 e. The zero-order chi connectivity index (χ0) is 11.8. The fourth-order valence-electron chi connectivity index (χ4n) is 2.27. The Morgan fingerprint density at radius 3 is 3.00 bits per heavy atom. The van der Waals surface area contributed by atoms with Crippen molar-refractivity contribution >= 4 is 5.69 Å². The standard InChI is InChI=1S/C14H14N2O/c1-9-8-10(4-6-16-9)11-2-3-13-12(14(11)15)5-7-17-13/h2-4,6,8H,5,7,15H2,1H3. The monoisotopic (exact) mass is 226 g/mol. The summed E-state index contributed by atoms with van der Waals surface area (Å²) in [5, 5.41) is 0. The van der Waals surface area contributed by atoms with Crippen LogP contribution < -0.4 is 10.5 Å². The number of nitrogen functional groups attached to an aromatic ring is 1. The van der Waals surface area contributed by atoms with Gasteiger partial charge in [0.2, 0.25) is 0 Å². The first-order valence-electron chi connectivity index (χ1n) is 5.73. The lowest BCUT2D eigenvalue weighted by Gasteiger charge is -2.10. The minimum atomic E-state index is 0.734. The molecular formula is C14H14N2O. The summed E-state index contributed by atoms with van der Waals surface area (Å²) < 4.78 is 5.50. The molecule has 0 bridgehead atoms. The second-order valence-electron chi connectivity index (χ2n) is 4.29. The van der Waals surface area contributed by atoms with Crippen LogP contribution in [0.4, 0.5) is 5.69 Å². The molecular weight excluding hydrogens is 212 g/mol. The highest BCUT2D eigenvalue weighted by atomic mass is 16.5. The van der Waals surface area contributed by atoms with Gasteiger partial charge >= 0.3 is 0 Å². The maximum Gasteiger partial charge on any atom is 0.124 e. The van der Waals surface area contributed by atoms with E-state index >= 15 is 0 Å². The zero-order valence-corrected chi connectivity index (χ0v) is 9.73. The normalized spacial score (nSPS) is 13.2. The molecule has 3 heteroatoms. The topological polar surface area (TPSA) is 48.1 Å². The molecule has 0 unspecified atom stereocenters. The molecule has 0 spiro atoms. The number of nitrogens with two attached hydrogens (primary N) is 1. The van der Waals surface area contributed by atoms with E-state index in [0.717, 1.165) is 46.8 Å². The number of aromatic nitrogens is 1. The molecule has 86 valence electrons. The van der Waals surface area contributed by atoms with Gasteiger partial charge in [-0.3, -0.25) is 4.98 Å². The highest BCUT2D eigenvalue weighted by molar-refractivity contribution is 5.80. The molecule has 1 aliphatic rings. The number of aryl methyl sites for hydroxylation is 1. The molecule has 0 amide bonds. The van der Waals surface area contributed by atoms with Crippen LogP contribution >= 0.6 is 0 Å². The van der Waals surface area contributed by atoms with Crippen LogP contribution in [0.5, 0.6) is 5.75 Å². The summed E-state index contributed by atoms with van der Waals surface area (Å²) in [6, 6.07) is 8.06. The molecule has 17 heavy (non-hydrogen) atoms. The highest BCUT2D eigenvalue weighted by Crippen LogP contribution is 2.37. The van der Waals surface area contributed by atoms with Crippen LogP contribution in [0.3, 0.4) is 0 Å². The molecule has 1 aliphatic heterocycles. The van der Waals surface area contributed by atoms with E-state index in [2.05, 4.69) is 4.98 Å².